The van der Waals surface area contributed by atoms with E-state index in [0.29, 0.717) is 46.4 Å². The lowest BCUT2D eigenvalue weighted by Gasteiger charge is -2.58. The molecule has 6 atom stereocenters. The molecule has 0 N–H and O–H groups in total. The van der Waals surface area contributed by atoms with Crippen LogP contribution in [0.4, 0.5) is 0 Å². The number of rotatable bonds is 6. The Balaban J connectivity index is 1.19. The highest BCUT2D eigenvalue weighted by molar-refractivity contribution is 5.08. The minimum atomic E-state index is -0.585. The van der Waals surface area contributed by atoms with Crippen molar-refractivity contribution in [2.45, 2.75) is 89.0 Å². The monoisotopic (exact) mass is 588 g/mol. The van der Waals surface area contributed by atoms with E-state index in [1.54, 1.807) is 0 Å². The van der Waals surface area contributed by atoms with Gasteiger partial charge in [0.05, 0.1) is 91.5 Å². The molecule has 6 unspecified atom stereocenters. The Morgan fingerprint density at radius 2 is 1.07 bits per heavy atom. The molecule has 41 heavy (non-hydrogen) atoms. The highest BCUT2D eigenvalue weighted by Gasteiger charge is 2.61. The SMILES string of the molecule is CC1OCOC(CCC2OCOC(C)(CCC3OCOCC34COCOC4(C)C)C23COCOC3)C12COCOC2. The molecule has 0 aliphatic carbocycles. The first-order valence-electron chi connectivity index (χ1n) is 15.0. The second kappa shape index (κ2) is 12.1. The van der Waals surface area contributed by atoms with Crippen LogP contribution < -0.4 is 0 Å². The van der Waals surface area contributed by atoms with E-state index in [0.717, 1.165) is 25.7 Å². The summed E-state index contributed by atoms with van der Waals surface area (Å²) in [6.45, 7) is 13.1. The number of hydrogen-bond donors (Lipinski definition) is 0. The summed E-state index contributed by atoms with van der Waals surface area (Å²) in [5.74, 6) is 0. The van der Waals surface area contributed by atoms with Crippen molar-refractivity contribution in [1.29, 1.82) is 0 Å². The summed E-state index contributed by atoms with van der Waals surface area (Å²) in [6, 6.07) is 0. The Bertz CT molecular complexity index is 868. The molecule has 12 heteroatoms. The van der Waals surface area contributed by atoms with E-state index in [1.807, 2.05) is 0 Å². The van der Waals surface area contributed by atoms with Gasteiger partial charge in [-0.2, -0.15) is 0 Å². The molecule has 236 valence electrons. The van der Waals surface area contributed by atoms with Crippen LogP contribution in [0.2, 0.25) is 0 Å². The zero-order valence-corrected chi connectivity index (χ0v) is 25.0. The lowest BCUT2D eigenvalue weighted by molar-refractivity contribution is -0.352. The summed E-state index contributed by atoms with van der Waals surface area (Å²) >= 11 is 0. The first-order chi connectivity index (χ1) is 19.8. The van der Waals surface area contributed by atoms with E-state index < -0.39 is 22.0 Å². The van der Waals surface area contributed by atoms with E-state index in [2.05, 4.69) is 27.7 Å². The molecule has 0 radical (unpaired) electrons. The molecule has 0 aromatic heterocycles. The molecule has 6 aliphatic heterocycles. The van der Waals surface area contributed by atoms with Crippen LogP contribution in [-0.4, -0.2) is 116 Å². The zero-order valence-electron chi connectivity index (χ0n) is 25.0. The minimum Gasteiger partial charge on any atom is -0.355 e. The molecule has 0 amide bonds. The largest absolute Gasteiger partial charge is 0.355 e. The summed E-state index contributed by atoms with van der Waals surface area (Å²) in [7, 11) is 0. The first kappa shape index (κ1) is 30.5. The highest BCUT2D eigenvalue weighted by atomic mass is 16.7. The Labute approximate surface area is 242 Å². The summed E-state index contributed by atoms with van der Waals surface area (Å²) < 4.78 is 72.3. The van der Waals surface area contributed by atoms with Gasteiger partial charge in [0, 0.05) is 0 Å². The van der Waals surface area contributed by atoms with Gasteiger partial charge < -0.3 is 56.8 Å². The van der Waals surface area contributed by atoms with Gasteiger partial charge in [-0.15, -0.1) is 0 Å². The maximum atomic E-state index is 6.50. The normalized spacial score (nSPS) is 42.4. The Morgan fingerprint density at radius 3 is 1.80 bits per heavy atom. The third-order valence-corrected chi connectivity index (χ3v) is 11.1. The minimum absolute atomic E-state index is 0.0403. The number of ether oxygens (including phenoxy) is 12. The van der Waals surface area contributed by atoms with Crippen molar-refractivity contribution in [1.82, 2.24) is 0 Å². The molecule has 0 bridgehead atoms. The van der Waals surface area contributed by atoms with Gasteiger partial charge >= 0.3 is 0 Å². The fourth-order valence-electron chi connectivity index (χ4n) is 7.88. The smallest absolute Gasteiger partial charge is 0.147 e. The van der Waals surface area contributed by atoms with Crippen molar-refractivity contribution in [3.63, 3.8) is 0 Å². The van der Waals surface area contributed by atoms with Gasteiger partial charge in [0.2, 0.25) is 0 Å². The predicted octanol–water partition coefficient (Wildman–Crippen LogP) is 2.56. The summed E-state index contributed by atoms with van der Waals surface area (Å²) in [5.41, 5.74) is -2.34. The van der Waals surface area contributed by atoms with Crippen LogP contribution in [0.5, 0.6) is 0 Å². The molecule has 6 rings (SSSR count). The van der Waals surface area contributed by atoms with Gasteiger partial charge in [-0.1, -0.05) is 0 Å². The Hall–Kier alpha value is -0.480. The van der Waals surface area contributed by atoms with Gasteiger partial charge in [0.25, 0.3) is 0 Å². The standard InChI is InChI=1S/C29H48O12/c1-21-27(9-30-15-31-10-27)22(38-19-36-21)5-6-23-29(13-32-16-33-14-29)26(4,41-20-39-23)8-7-24-28(11-34-17-37-24)12-35-18-40-25(28,2)3/h21-24H,5-20H2,1-4H3. The van der Waals surface area contributed by atoms with Gasteiger partial charge in [0.15, 0.2) is 0 Å². The molecular weight excluding hydrogens is 540 g/mol. The van der Waals surface area contributed by atoms with Crippen molar-refractivity contribution in [2.24, 2.45) is 16.2 Å². The molecule has 0 aromatic carbocycles. The Kier molecular flexibility index (Phi) is 9.04. The fraction of sp³-hybridized carbons (Fsp3) is 1.00. The molecule has 6 aliphatic rings. The second-order valence-corrected chi connectivity index (χ2v) is 13.3. The molecule has 12 nitrogen and oxygen atoms in total. The van der Waals surface area contributed by atoms with Gasteiger partial charge in [-0.3, -0.25) is 0 Å². The van der Waals surface area contributed by atoms with Crippen molar-refractivity contribution in [3.05, 3.63) is 0 Å². The van der Waals surface area contributed by atoms with Gasteiger partial charge in [-0.05, 0) is 53.4 Å². The third kappa shape index (κ3) is 5.29. The Morgan fingerprint density at radius 1 is 0.512 bits per heavy atom. The quantitative estimate of drug-likeness (QED) is 0.455. The zero-order chi connectivity index (χ0) is 28.6. The van der Waals surface area contributed by atoms with E-state index in [-0.39, 0.29) is 63.8 Å². The van der Waals surface area contributed by atoms with Crippen LogP contribution in [-0.2, 0) is 56.8 Å². The van der Waals surface area contributed by atoms with Crippen LogP contribution in [0.1, 0.15) is 53.4 Å². The van der Waals surface area contributed by atoms with E-state index in [4.69, 9.17) is 56.8 Å². The lowest BCUT2D eigenvalue weighted by atomic mass is 9.63. The highest BCUT2D eigenvalue weighted by Crippen LogP contribution is 2.52. The van der Waals surface area contributed by atoms with Crippen molar-refractivity contribution in [2.75, 3.05) is 80.4 Å². The van der Waals surface area contributed by atoms with E-state index in [1.165, 1.54) is 0 Å². The van der Waals surface area contributed by atoms with Crippen LogP contribution in [0.3, 0.4) is 0 Å². The predicted molar refractivity (Wildman–Crippen MR) is 141 cm³/mol. The molecule has 6 heterocycles. The van der Waals surface area contributed by atoms with Crippen LogP contribution in [0, 0.1) is 16.2 Å². The molecular formula is C29H48O12. The number of hydrogen-bond acceptors (Lipinski definition) is 12. The van der Waals surface area contributed by atoms with E-state index in [9.17, 15) is 0 Å². The third-order valence-electron chi connectivity index (χ3n) is 11.1. The molecule has 6 fully saturated rings. The fourth-order valence-corrected chi connectivity index (χ4v) is 7.88. The van der Waals surface area contributed by atoms with Crippen LogP contribution >= 0.6 is 0 Å². The molecule has 0 saturated carbocycles. The van der Waals surface area contributed by atoms with Crippen molar-refractivity contribution >= 4 is 0 Å². The maximum Gasteiger partial charge on any atom is 0.147 e. The average Bonchev–Trinajstić information content (AvgIpc) is 2.98. The van der Waals surface area contributed by atoms with Crippen molar-refractivity contribution in [3.8, 4) is 0 Å². The average molecular weight is 589 g/mol. The van der Waals surface area contributed by atoms with Crippen LogP contribution in [0.25, 0.3) is 0 Å². The van der Waals surface area contributed by atoms with Crippen molar-refractivity contribution < 1.29 is 56.8 Å². The molecule has 6 saturated heterocycles. The molecule has 0 aromatic rings. The topological polar surface area (TPSA) is 111 Å². The first-order valence-corrected chi connectivity index (χ1v) is 15.0. The van der Waals surface area contributed by atoms with Crippen LogP contribution in [0.15, 0.2) is 0 Å². The maximum absolute atomic E-state index is 6.50. The summed E-state index contributed by atoms with van der Waals surface area (Å²) in [5, 5.41) is 0. The lowest BCUT2D eigenvalue weighted by Crippen LogP contribution is -2.67. The summed E-state index contributed by atoms with van der Waals surface area (Å²) in [6.07, 6.45) is 2.56. The van der Waals surface area contributed by atoms with Gasteiger partial charge in [0.1, 0.15) is 40.8 Å². The molecule has 3 spiro atoms. The summed E-state index contributed by atoms with van der Waals surface area (Å²) in [4.78, 5) is 0. The van der Waals surface area contributed by atoms with Gasteiger partial charge in [-0.25, -0.2) is 0 Å². The second-order valence-electron chi connectivity index (χ2n) is 13.3. The van der Waals surface area contributed by atoms with E-state index >= 15 is 0 Å².